The normalized spacial score (nSPS) is 14.8. The van der Waals surface area contributed by atoms with E-state index in [1.807, 2.05) is 5.38 Å². The van der Waals surface area contributed by atoms with Gasteiger partial charge >= 0.3 is 0 Å². The fourth-order valence-corrected chi connectivity index (χ4v) is 5.15. The highest BCUT2D eigenvalue weighted by atomic mass is 79.9. The van der Waals surface area contributed by atoms with Gasteiger partial charge in [-0.15, -0.1) is 22.7 Å². The second kappa shape index (κ2) is 5.03. The van der Waals surface area contributed by atoms with E-state index in [1.54, 1.807) is 6.07 Å². The van der Waals surface area contributed by atoms with Crippen LogP contribution in [0.3, 0.4) is 0 Å². The number of amides is 1. The van der Waals surface area contributed by atoms with E-state index in [9.17, 15) is 4.79 Å². The number of halogens is 2. The molecule has 1 aliphatic carbocycles. The fraction of sp³-hybridized carbons (Fsp3) is 0.273. The van der Waals surface area contributed by atoms with E-state index in [0.29, 0.717) is 16.6 Å². The SMILES string of the molecule is O=C(Nc1nc(C2CC2)cs1)c1cc(Br)sc1Br. The van der Waals surface area contributed by atoms with E-state index in [-0.39, 0.29) is 5.91 Å². The number of carbonyl (C=O) groups excluding carboxylic acids is 1. The van der Waals surface area contributed by atoms with Crippen molar-refractivity contribution in [2.75, 3.05) is 5.32 Å². The summed E-state index contributed by atoms with van der Waals surface area (Å²) in [4.78, 5) is 16.5. The number of nitrogens with one attached hydrogen (secondary N) is 1. The van der Waals surface area contributed by atoms with Crippen LogP contribution < -0.4 is 5.32 Å². The Hall–Kier alpha value is -0.240. The zero-order valence-corrected chi connectivity index (χ0v) is 13.9. The van der Waals surface area contributed by atoms with Crippen LogP contribution in [-0.4, -0.2) is 10.9 Å². The van der Waals surface area contributed by atoms with Crippen LogP contribution in [-0.2, 0) is 0 Å². The number of rotatable bonds is 3. The summed E-state index contributed by atoms with van der Waals surface area (Å²) >= 11 is 9.71. The minimum atomic E-state index is -0.125. The Morgan fingerprint density at radius 1 is 1.44 bits per heavy atom. The summed E-state index contributed by atoms with van der Waals surface area (Å²) in [7, 11) is 0. The number of aromatic nitrogens is 1. The van der Waals surface area contributed by atoms with Crippen molar-refractivity contribution < 1.29 is 4.79 Å². The van der Waals surface area contributed by atoms with Crippen LogP contribution in [0.1, 0.15) is 34.8 Å². The third-order valence-corrected chi connectivity index (χ3v) is 5.75. The van der Waals surface area contributed by atoms with Gasteiger partial charge in [0.1, 0.15) is 0 Å². The van der Waals surface area contributed by atoms with E-state index in [0.717, 1.165) is 13.3 Å². The van der Waals surface area contributed by atoms with Crippen molar-refractivity contribution in [2.45, 2.75) is 18.8 Å². The first-order valence-corrected chi connectivity index (χ1v) is 8.63. The summed E-state index contributed by atoms with van der Waals surface area (Å²) in [5, 5.41) is 5.55. The van der Waals surface area contributed by atoms with Crippen molar-refractivity contribution in [1.29, 1.82) is 0 Å². The van der Waals surface area contributed by atoms with Gasteiger partial charge in [0, 0.05) is 11.3 Å². The smallest absolute Gasteiger partial charge is 0.259 e. The number of nitrogens with zero attached hydrogens (tertiary/aromatic N) is 1. The number of thiophene rings is 1. The van der Waals surface area contributed by atoms with Gasteiger partial charge in [-0.3, -0.25) is 10.1 Å². The van der Waals surface area contributed by atoms with Crippen molar-refractivity contribution in [1.82, 2.24) is 4.98 Å². The highest BCUT2D eigenvalue weighted by Crippen LogP contribution is 2.41. The van der Waals surface area contributed by atoms with Crippen LogP contribution in [0.15, 0.2) is 19.0 Å². The molecular formula is C11H8Br2N2OS2. The predicted molar refractivity (Wildman–Crippen MR) is 81.8 cm³/mol. The minimum Gasteiger partial charge on any atom is -0.298 e. The highest BCUT2D eigenvalue weighted by molar-refractivity contribution is 9.12. The average Bonchev–Trinajstić information content (AvgIpc) is 2.97. The maximum Gasteiger partial charge on any atom is 0.259 e. The van der Waals surface area contributed by atoms with Gasteiger partial charge in [-0.25, -0.2) is 4.98 Å². The average molecular weight is 408 g/mol. The van der Waals surface area contributed by atoms with Gasteiger partial charge in [0.15, 0.2) is 5.13 Å². The lowest BCUT2D eigenvalue weighted by atomic mass is 10.3. The lowest BCUT2D eigenvalue weighted by molar-refractivity contribution is 0.102. The molecule has 2 aromatic heterocycles. The molecule has 0 bridgehead atoms. The Labute approximate surface area is 129 Å². The Morgan fingerprint density at radius 2 is 2.22 bits per heavy atom. The van der Waals surface area contributed by atoms with Crippen LogP contribution in [0.2, 0.25) is 0 Å². The van der Waals surface area contributed by atoms with Gasteiger partial charge in [0.05, 0.1) is 18.8 Å². The number of thiazole rings is 1. The number of carbonyl (C=O) groups is 1. The quantitative estimate of drug-likeness (QED) is 0.789. The molecule has 1 saturated carbocycles. The first kappa shape index (κ1) is 12.8. The molecular weight excluding hydrogens is 400 g/mol. The highest BCUT2D eigenvalue weighted by Gasteiger charge is 2.26. The van der Waals surface area contributed by atoms with Crippen LogP contribution >= 0.6 is 54.5 Å². The van der Waals surface area contributed by atoms with Gasteiger partial charge in [0.2, 0.25) is 0 Å². The molecule has 1 fully saturated rings. The molecule has 0 aliphatic heterocycles. The molecule has 2 heterocycles. The van der Waals surface area contributed by atoms with Gasteiger partial charge in [-0.05, 0) is 50.8 Å². The van der Waals surface area contributed by atoms with E-state index in [2.05, 4.69) is 42.2 Å². The Balaban J connectivity index is 1.74. The lowest BCUT2D eigenvalue weighted by Gasteiger charge is -1.99. The molecule has 0 aromatic carbocycles. The summed E-state index contributed by atoms with van der Waals surface area (Å²) in [5.74, 6) is 0.495. The van der Waals surface area contributed by atoms with Gasteiger partial charge in [-0.1, -0.05) is 0 Å². The summed E-state index contributed by atoms with van der Waals surface area (Å²) in [6, 6.07) is 1.81. The van der Waals surface area contributed by atoms with Gasteiger partial charge < -0.3 is 0 Å². The molecule has 1 N–H and O–H groups in total. The second-order valence-corrected chi connectivity index (χ2v) is 8.65. The largest absolute Gasteiger partial charge is 0.298 e. The Morgan fingerprint density at radius 3 is 2.83 bits per heavy atom. The number of hydrogen-bond donors (Lipinski definition) is 1. The Kier molecular flexibility index (Phi) is 3.57. The van der Waals surface area contributed by atoms with Crippen molar-refractivity contribution in [3.63, 3.8) is 0 Å². The fourth-order valence-electron chi connectivity index (χ4n) is 1.57. The van der Waals surface area contributed by atoms with E-state index < -0.39 is 0 Å². The van der Waals surface area contributed by atoms with E-state index >= 15 is 0 Å². The molecule has 3 rings (SSSR count). The monoisotopic (exact) mass is 406 g/mol. The van der Waals surface area contributed by atoms with E-state index in [4.69, 9.17) is 0 Å². The molecule has 18 heavy (non-hydrogen) atoms. The minimum absolute atomic E-state index is 0.125. The van der Waals surface area contributed by atoms with Crippen molar-refractivity contribution in [2.24, 2.45) is 0 Å². The molecule has 94 valence electrons. The molecule has 1 aliphatic rings. The van der Waals surface area contributed by atoms with Crippen LogP contribution in [0.4, 0.5) is 5.13 Å². The van der Waals surface area contributed by atoms with Crippen molar-refractivity contribution in [3.05, 3.63) is 30.3 Å². The van der Waals surface area contributed by atoms with Gasteiger partial charge in [0.25, 0.3) is 5.91 Å². The molecule has 3 nitrogen and oxygen atoms in total. The second-order valence-electron chi connectivity index (χ2n) is 4.04. The zero-order chi connectivity index (χ0) is 12.7. The molecule has 0 spiro atoms. The third-order valence-electron chi connectivity index (χ3n) is 2.64. The molecule has 1 amide bonds. The molecule has 0 atom stereocenters. The van der Waals surface area contributed by atoms with Crippen molar-refractivity contribution >= 4 is 65.6 Å². The maximum atomic E-state index is 12.1. The maximum absolute atomic E-state index is 12.1. The van der Waals surface area contributed by atoms with Gasteiger partial charge in [-0.2, -0.15) is 0 Å². The predicted octanol–water partition coefficient (Wildman–Crippen LogP) is 4.86. The first-order valence-electron chi connectivity index (χ1n) is 5.35. The lowest BCUT2D eigenvalue weighted by Crippen LogP contribution is -2.11. The van der Waals surface area contributed by atoms with Crippen LogP contribution in [0.25, 0.3) is 0 Å². The first-order chi connectivity index (χ1) is 8.63. The van der Waals surface area contributed by atoms with Crippen LogP contribution in [0, 0.1) is 0 Å². The number of anilines is 1. The summed E-state index contributed by atoms with van der Waals surface area (Å²) in [5.41, 5.74) is 1.75. The number of hydrogen-bond acceptors (Lipinski definition) is 4. The topological polar surface area (TPSA) is 42.0 Å². The third kappa shape index (κ3) is 2.68. The molecule has 0 saturated heterocycles. The zero-order valence-electron chi connectivity index (χ0n) is 9.07. The molecule has 7 heteroatoms. The summed E-state index contributed by atoms with van der Waals surface area (Å²) in [6.45, 7) is 0. The standard InChI is InChI=1S/C11H8Br2N2OS2/c12-8-3-6(9(13)18-8)10(16)15-11-14-7(4-17-11)5-1-2-5/h3-5H,1-2H2,(H,14,15,16). The molecule has 2 aromatic rings. The summed E-state index contributed by atoms with van der Waals surface area (Å²) in [6.07, 6.45) is 2.44. The van der Waals surface area contributed by atoms with E-state index in [1.165, 1.54) is 35.5 Å². The van der Waals surface area contributed by atoms with Crippen molar-refractivity contribution in [3.8, 4) is 0 Å². The molecule has 0 unspecified atom stereocenters. The Bertz CT molecular complexity index is 604. The van der Waals surface area contributed by atoms with Crippen LogP contribution in [0.5, 0.6) is 0 Å². The summed E-state index contributed by atoms with van der Waals surface area (Å²) < 4.78 is 1.75. The molecule has 0 radical (unpaired) electrons.